The molecule has 0 spiro atoms. The van der Waals surface area contributed by atoms with Crippen molar-refractivity contribution in [2.24, 2.45) is 7.05 Å². The Morgan fingerprint density at radius 1 is 1.30 bits per heavy atom. The Hall–Kier alpha value is -2.19. The fraction of sp³-hybridized carbons (Fsp3) is 0.267. The van der Waals surface area contributed by atoms with Crippen LogP contribution in [0.5, 0.6) is 0 Å². The van der Waals surface area contributed by atoms with Crippen LogP contribution in [0.1, 0.15) is 32.1 Å². The van der Waals surface area contributed by atoms with Gasteiger partial charge in [0, 0.05) is 31.4 Å². The Morgan fingerprint density at radius 3 is 2.57 bits per heavy atom. The minimum atomic E-state index is -0.934. The Kier molecular flexibility index (Phi) is 4.18. The standard InChI is InChI=1S/C15H15N3O3S2/c1-3-18(8-12-16-4-5-17(12)2)13(19)10-6-9-7-11(14(20)21)23-15(9)22-10/h4-7H,3,8H2,1-2H3,(H,20,21). The van der Waals surface area contributed by atoms with Crippen molar-refractivity contribution < 1.29 is 14.7 Å². The molecule has 120 valence electrons. The number of carboxylic acid groups (broad SMARTS) is 1. The molecule has 3 aromatic rings. The lowest BCUT2D eigenvalue weighted by molar-refractivity contribution is 0.0701. The highest BCUT2D eigenvalue weighted by molar-refractivity contribution is 7.39. The molecule has 0 bridgehead atoms. The average Bonchev–Trinajstić information content (AvgIpc) is 3.18. The van der Waals surface area contributed by atoms with Crippen molar-refractivity contribution >= 4 is 43.9 Å². The number of thiophene rings is 2. The van der Waals surface area contributed by atoms with E-state index in [1.54, 1.807) is 23.2 Å². The van der Waals surface area contributed by atoms with Crippen LogP contribution >= 0.6 is 22.7 Å². The van der Waals surface area contributed by atoms with Crippen molar-refractivity contribution in [3.8, 4) is 0 Å². The molecule has 0 radical (unpaired) electrons. The van der Waals surface area contributed by atoms with E-state index in [0.29, 0.717) is 22.8 Å². The fourth-order valence-corrected chi connectivity index (χ4v) is 4.50. The number of carbonyl (C=O) groups is 2. The fourth-order valence-electron chi connectivity index (χ4n) is 2.25. The highest BCUT2D eigenvalue weighted by atomic mass is 32.2. The highest BCUT2D eigenvalue weighted by Crippen LogP contribution is 2.34. The largest absolute Gasteiger partial charge is 0.477 e. The lowest BCUT2D eigenvalue weighted by atomic mass is 10.3. The second kappa shape index (κ2) is 6.13. The van der Waals surface area contributed by atoms with Crippen molar-refractivity contribution in [3.05, 3.63) is 40.1 Å². The number of carboxylic acids is 1. The number of aromatic carboxylic acids is 1. The highest BCUT2D eigenvalue weighted by Gasteiger charge is 2.20. The van der Waals surface area contributed by atoms with Crippen LogP contribution in [0.25, 0.3) is 9.40 Å². The third-order valence-electron chi connectivity index (χ3n) is 3.56. The molecule has 0 unspecified atom stereocenters. The molecular formula is C15H15N3O3S2. The first-order valence-corrected chi connectivity index (χ1v) is 8.65. The number of hydrogen-bond acceptors (Lipinski definition) is 5. The molecule has 23 heavy (non-hydrogen) atoms. The van der Waals surface area contributed by atoms with Gasteiger partial charge in [0.2, 0.25) is 0 Å². The van der Waals surface area contributed by atoms with Crippen LogP contribution in [0.4, 0.5) is 0 Å². The van der Waals surface area contributed by atoms with E-state index in [2.05, 4.69) is 4.98 Å². The zero-order valence-electron chi connectivity index (χ0n) is 12.6. The summed E-state index contributed by atoms with van der Waals surface area (Å²) in [4.78, 5) is 30.6. The van der Waals surface area contributed by atoms with Crippen molar-refractivity contribution in [3.63, 3.8) is 0 Å². The number of nitrogens with zero attached hydrogens (tertiary/aromatic N) is 3. The summed E-state index contributed by atoms with van der Waals surface area (Å²) in [5.74, 6) is -0.163. The van der Waals surface area contributed by atoms with Gasteiger partial charge in [-0.05, 0) is 19.1 Å². The molecule has 0 aliphatic rings. The molecule has 1 N–H and O–H groups in total. The third kappa shape index (κ3) is 2.99. The predicted molar refractivity (Wildman–Crippen MR) is 90.3 cm³/mol. The molecule has 0 atom stereocenters. The number of hydrogen-bond donors (Lipinski definition) is 1. The number of fused-ring (bicyclic) bond motifs is 1. The zero-order chi connectivity index (χ0) is 16.6. The summed E-state index contributed by atoms with van der Waals surface area (Å²) in [5.41, 5.74) is 0. The van der Waals surface area contributed by atoms with Crippen LogP contribution < -0.4 is 0 Å². The van der Waals surface area contributed by atoms with Crippen LogP contribution in [-0.4, -0.2) is 38.0 Å². The SMILES string of the molecule is CCN(Cc1nccn1C)C(=O)c1cc2cc(C(=O)O)sc2s1. The monoisotopic (exact) mass is 349 g/mol. The van der Waals surface area contributed by atoms with Crippen LogP contribution in [0, 0.1) is 0 Å². The lowest BCUT2D eigenvalue weighted by Gasteiger charge is -2.19. The van der Waals surface area contributed by atoms with Gasteiger partial charge in [-0.25, -0.2) is 9.78 Å². The molecule has 0 fully saturated rings. The quantitative estimate of drug-likeness (QED) is 0.768. The Balaban J connectivity index is 1.84. The van der Waals surface area contributed by atoms with Crippen molar-refractivity contribution in [1.82, 2.24) is 14.5 Å². The molecule has 0 aliphatic carbocycles. The van der Waals surface area contributed by atoms with E-state index >= 15 is 0 Å². The van der Waals surface area contributed by atoms with Gasteiger partial charge in [0.15, 0.2) is 0 Å². The number of aryl methyl sites for hydroxylation is 1. The molecule has 3 rings (SSSR count). The molecule has 3 aromatic heterocycles. The molecule has 3 heterocycles. The topological polar surface area (TPSA) is 75.4 Å². The van der Waals surface area contributed by atoms with Crippen molar-refractivity contribution in [2.45, 2.75) is 13.5 Å². The first kappa shape index (κ1) is 15.7. The van der Waals surface area contributed by atoms with E-state index in [1.165, 1.54) is 22.7 Å². The smallest absolute Gasteiger partial charge is 0.345 e. The Labute approximate surface area is 140 Å². The van der Waals surface area contributed by atoms with E-state index in [-0.39, 0.29) is 5.91 Å². The maximum atomic E-state index is 12.7. The van der Waals surface area contributed by atoms with Gasteiger partial charge in [0.05, 0.1) is 15.4 Å². The van der Waals surface area contributed by atoms with E-state index in [1.807, 2.05) is 24.7 Å². The van der Waals surface area contributed by atoms with Gasteiger partial charge in [-0.2, -0.15) is 0 Å². The van der Waals surface area contributed by atoms with E-state index < -0.39 is 5.97 Å². The first-order valence-electron chi connectivity index (χ1n) is 7.01. The Morgan fingerprint density at radius 2 is 2.00 bits per heavy atom. The van der Waals surface area contributed by atoms with Crippen LogP contribution in [-0.2, 0) is 13.6 Å². The van der Waals surface area contributed by atoms with Gasteiger partial charge >= 0.3 is 5.97 Å². The molecule has 0 aromatic carbocycles. The van der Waals surface area contributed by atoms with Gasteiger partial charge < -0.3 is 14.6 Å². The number of rotatable bonds is 5. The maximum absolute atomic E-state index is 12.7. The molecule has 1 amide bonds. The molecule has 8 heteroatoms. The van der Waals surface area contributed by atoms with Gasteiger partial charge in [0.1, 0.15) is 10.7 Å². The normalized spacial score (nSPS) is 11.0. The summed E-state index contributed by atoms with van der Waals surface area (Å²) in [5, 5.41) is 9.82. The van der Waals surface area contributed by atoms with Crippen LogP contribution in [0.3, 0.4) is 0 Å². The minimum Gasteiger partial charge on any atom is -0.477 e. The first-order chi connectivity index (χ1) is 11.0. The average molecular weight is 349 g/mol. The van der Waals surface area contributed by atoms with Crippen LogP contribution in [0.2, 0.25) is 0 Å². The van der Waals surface area contributed by atoms with E-state index in [0.717, 1.165) is 15.2 Å². The summed E-state index contributed by atoms with van der Waals surface area (Å²) < 4.78 is 2.75. The molecular weight excluding hydrogens is 334 g/mol. The van der Waals surface area contributed by atoms with Gasteiger partial charge in [-0.15, -0.1) is 22.7 Å². The van der Waals surface area contributed by atoms with E-state index in [9.17, 15) is 9.59 Å². The molecule has 0 aliphatic heterocycles. The van der Waals surface area contributed by atoms with Gasteiger partial charge in [0.25, 0.3) is 5.91 Å². The molecule has 0 saturated heterocycles. The lowest BCUT2D eigenvalue weighted by Crippen LogP contribution is -2.30. The summed E-state index contributed by atoms with van der Waals surface area (Å²) >= 11 is 2.54. The number of carbonyl (C=O) groups excluding carboxylic acids is 1. The summed E-state index contributed by atoms with van der Waals surface area (Å²) in [7, 11) is 1.90. The van der Waals surface area contributed by atoms with Gasteiger partial charge in [-0.1, -0.05) is 0 Å². The van der Waals surface area contributed by atoms with Gasteiger partial charge in [-0.3, -0.25) is 4.79 Å². The second-order valence-corrected chi connectivity index (χ2v) is 7.41. The third-order valence-corrected chi connectivity index (χ3v) is 5.92. The van der Waals surface area contributed by atoms with Crippen molar-refractivity contribution in [2.75, 3.05) is 6.54 Å². The molecule has 6 nitrogen and oxygen atoms in total. The maximum Gasteiger partial charge on any atom is 0.345 e. The Bertz CT molecular complexity index is 846. The number of amides is 1. The number of imidazole rings is 1. The predicted octanol–water partition coefficient (Wildman–Crippen LogP) is 3.06. The molecule has 0 saturated carbocycles. The number of aromatic nitrogens is 2. The zero-order valence-corrected chi connectivity index (χ0v) is 14.3. The minimum absolute atomic E-state index is 0.0548. The summed E-state index contributed by atoms with van der Waals surface area (Å²) in [6, 6.07) is 3.39. The van der Waals surface area contributed by atoms with Crippen molar-refractivity contribution in [1.29, 1.82) is 0 Å². The summed E-state index contributed by atoms with van der Waals surface area (Å²) in [6.07, 6.45) is 3.56. The van der Waals surface area contributed by atoms with Crippen LogP contribution in [0.15, 0.2) is 24.5 Å². The summed E-state index contributed by atoms with van der Waals surface area (Å²) in [6.45, 7) is 2.96. The van der Waals surface area contributed by atoms with E-state index in [4.69, 9.17) is 5.11 Å². The second-order valence-electron chi connectivity index (χ2n) is 5.04.